The zero-order valence-electron chi connectivity index (χ0n) is 19.6. The first-order valence-corrected chi connectivity index (χ1v) is 11.7. The van der Waals surface area contributed by atoms with Gasteiger partial charge in [-0.05, 0) is 37.6 Å². The Balaban J connectivity index is 0.00000841. The van der Waals surface area contributed by atoms with E-state index in [4.69, 9.17) is 14.2 Å². The summed E-state index contributed by atoms with van der Waals surface area (Å²) in [6.07, 6.45) is 7.15. The molecule has 1 aliphatic heterocycles. The molecule has 0 aromatic heterocycles. The van der Waals surface area contributed by atoms with Crippen molar-refractivity contribution >= 4 is 0 Å². The molecule has 7 heteroatoms. The van der Waals surface area contributed by atoms with Crippen molar-refractivity contribution in [1.29, 1.82) is 0 Å². The van der Waals surface area contributed by atoms with Crippen LogP contribution in [-0.2, 0) is 14.2 Å². The van der Waals surface area contributed by atoms with Crippen LogP contribution in [0.2, 0.25) is 0 Å². The molecule has 1 aliphatic rings. The largest absolute Gasteiger partial charge is 0.380 e. The molecule has 3 N–H and O–H groups in total. The van der Waals surface area contributed by atoms with Gasteiger partial charge in [0.25, 0.3) is 0 Å². The third-order valence-electron chi connectivity index (χ3n) is 4.95. The molecule has 0 amide bonds. The normalized spacial score (nSPS) is 18.0. The predicted octanol–water partition coefficient (Wildman–Crippen LogP) is 2.97. The van der Waals surface area contributed by atoms with Crippen LogP contribution in [0, 0.1) is 5.41 Å². The van der Waals surface area contributed by atoms with Crippen molar-refractivity contribution in [3.63, 3.8) is 0 Å². The molecule has 0 saturated carbocycles. The smallest absolute Gasteiger partial charge is 0.0701 e. The van der Waals surface area contributed by atoms with E-state index in [0.717, 1.165) is 65.4 Å². The van der Waals surface area contributed by atoms with Crippen molar-refractivity contribution in [3.05, 3.63) is 0 Å². The van der Waals surface area contributed by atoms with Crippen molar-refractivity contribution in [3.8, 4) is 0 Å². The van der Waals surface area contributed by atoms with Gasteiger partial charge in [-0.25, -0.2) is 10.4 Å². The molecule has 0 aromatic carbocycles. The summed E-state index contributed by atoms with van der Waals surface area (Å²) in [5.74, 6) is 0. The number of hydrogen-bond acceptors (Lipinski definition) is 7. The Kier molecular flexibility index (Phi) is 16.1. The van der Waals surface area contributed by atoms with E-state index in [1.807, 2.05) is 0 Å². The van der Waals surface area contributed by atoms with Crippen LogP contribution in [0.1, 0.15) is 67.6 Å². The van der Waals surface area contributed by atoms with E-state index in [-0.39, 0.29) is 1.43 Å². The zero-order valence-corrected chi connectivity index (χ0v) is 19.6. The monoisotopic (exact) mass is 418 g/mol. The Bertz CT molecular complexity index is 373. The number of nitrogens with one attached hydrogen (secondary N) is 3. The summed E-state index contributed by atoms with van der Waals surface area (Å²) in [5, 5.41) is 5.62. The van der Waals surface area contributed by atoms with Gasteiger partial charge in [-0.15, -0.1) is 0 Å². The molecular weight excluding hydrogens is 368 g/mol. The summed E-state index contributed by atoms with van der Waals surface area (Å²) < 4.78 is 16.9. The van der Waals surface area contributed by atoms with E-state index >= 15 is 0 Å². The molecule has 0 aliphatic carbocycles. The van der Waals surface area contributed by atoms with E-state index < -0.39 is 0 Å². The van der Waals surface area contributed by atoms with Gasteiger partial charge in [0.05, 0.1) is 26.4 Å². The lowest BCUT2D eigenvalue weighted by molar-refractivity contribution is 0.0459. The molecule has 7 nitrogen and oxygen atoms in total. The van der Waals surface area contributed by atoms with Gasteiger partial charge >= 0.3 is 0 Å². The van der Waals surface area contributed by atoms with Crippen LogP contribution >= 0.6 is 0 Å². The molecule has 0 spiro atoms. The van der Waals surface area contributed by atoms with E-state index in [1.165, 1.54) is 25.7 Å². The van der Waals surface area contributed by atoms with Crippen molar-refractivity contribution < 1.29 is 15.6 Å². The molecule has 29 heavy (non-hydrogen) atoms. The molecule has 1 atom stereocenters. The minimum atomic E-state index is 0. The molecule has 1 unspecified atom stereocenters. The first-order valence-electron chi connectivity index (χ1n) is 11.7. The van der Waals surface area contributed by atoms with Crippen LogP contribution in [0.5, 0.6) is 0 Å². The van der Waals surface area contributed by atoms with E-state index in [0.29, 0.717) is 24.7 Å². The van der Waals surface area contributed by atoms with Gasteiger partial charge in [-0.3, -0.25) is 0 Å². The SMILES string of the molecule is CCCCOCCN1CC(CCOCCOCCNCCCCC(C)(C)C)NN1.[HH]. The molecule has 1 fully saturated rings. The van der Waals surface area contributed by atoms with Gasteiger partial charge in [0.2, 0.25) is 0 Å². The second-order valence-corrected chi connectivity index (χ2v) is 9.15. The predicted molar refractivity (Wildman–Crippen MR) is 122 cm³/mol. The highest BCUT2D eigenvalue weighted by Gasteiger charge is 2.20. The summed E-state index contributed by atoms with van der Waals surface area (Å²) in [5.41, 5.74) is 6.98. The summed E-state index contributed by atoms with van der Waals surface area (Å²) in [4.78, 5) is 0. The maximum absolute atomic E-state index is 5.69. The molecule has 0 radical (unpaired) electrons. The van der Waals surface area contributed by atoms with Gasteiger partial charge < -0.3 is 19.5 Å². The van der Waals surface area contributed by atoms with Crippen molar-refractivity contribution in [2.24, 2.45) is 5.41 Å². The highest BCUT2D eigenvalue weighted by molar-refractivity contribution is 4.73. The average molecular weight is 419 g/mol. The van der Waals surface area contributed by atoms with E-state index in [1.54, 1.807) is 0 Å². The van der Waals surface area contributed by atoms with Crippen LogP contribution in [0.25, 0.3) is 0 Å². The standard InChI is InChI=1S/C22H48N4O3.H2/c1-5-6-14-27-17-13-26-20-21(24-25-26)9-15-28-18-19-29-16-12-23-11-8-7-10-22(2,3)4;/h21,23-25H,5-20H2,1-4H3;1H. The number of hydrogen-bond donors (Lipinski definition) is 3. The Morgan fingerprint density at radius 3 is 2.45 bits per heavy atom. The van der Waals surface area contributed by atoms with Crippen molar-refractivity contribution in [2.75, 3.05) is 65.8 Å². The van der Waals surface area contributed by atoms with Gasteiger partial charge in [-0.2, -0.15) is 5.53 Å². The second kappa shape index (κ2) is 17.4. The van der Waals surface area contributed by atoms with Gasteiger partial charge in [0.1, 0.15) is 0 Å². The average Bonchev–Trinajstić information content (AvgIpc) is 3.12. The lowest BCUT2D eigenvalue weighted by atomic mass is 9.90. The number of hydrazine groups is 2. The van der Waals surface area contributed by atoms with Crippen LogP contribution in [0.15, 0.2) is 0 Å². The highest BCUT2D eigenvalue weighted by Crippen LogP contribution is 2.21. The summed E-state index contributed by atoms with van der Waals surface area (Å²) >= 11 is 0. The van der Waals surface area contributed by atoms with Crippen molar-refractivity contribution in [2.45, 2.75) is 72.3 Å². The highest BCUT2D eigenvalue weighted by atomic mass is 16.5. The van der Waals surface area contributed by atoms with Gasteiger partial charge in [-0.1, -0.05) is 40.5 Å². The molecule has 0 aromatic rings. The van der Waals surface area contributed by atoms with Gasteiger partial charge in [0.15, 0.2) is 0 Å². The van der Waals surface area contributed by atoms with Crippen LogP contribution in [0.4, 0.5) is 0 Å². The zero-order chi connectivity index (χ0) is 21.2. The Labute approximate surface area is 181 Å². The fourth-order valence-corrected chi connectivity index (χ4v) is 3.10. The Morgan fingerprint density at radius 1 is 0.931 bits per heavy atom. The molecular formula is C22H50N4O3. The summed E-state index contributed by atoms with van der Waals surface area (Å²) in [6, 6.07) is 0.425. The third kappa shape index (κ3) is 17.1. The molecule has 1 heterocycles. The Hall–Kier alpha value is -0.280. The van der Waals surface area contributed by atoms with Crippen molar-refractivity contribution in [1.82, 2.24) is 21.3 Å². The fraction of sp³-hybridized carbons (Fsp3) is 1.00. The summed E-state index contributed by atoms with van der Waals surface area (Å²) in [7, 11) is 0. The van der Waals surface area contributed by atoms with Crippen LogP contribution < -0.4 is 16.3 Å². The van der Waals surface area contributed by atoms with Crippen LogP contribution in [0.3, 0.4) is 0 Å². The lowest BCUT2D eigenvalue weighted by Gasteiger charge is -2.17. The number of ether oxygens (including phenoxy) is 3. The molecule has 176 valence electrons. The number of unbranched alkanes of at least 4 members (excludes halogenated alkanes) is 2. The first-order chi connectivity index (χ1) is 14.0. The number of nitrogens with zero attached hydrogens (tertiary/aromatic N) is 1. The van der Waals surface area contributed by atoms with E-state index in [2.05, 4.69) is 49.0 Å². The maximum atomic E-state index is 5.69. The van der Waals surface area contributed by atoms with Gasteiger partial charge in [0, 0.05) is 40.3 Å². The topological polar surface area (TPSA) is 67.0 Å². The van der Waals surface area contributed by atoms with E-state index in [9.17, 15) is 0 Å². The molecule has 0 bridgehead atoms. The maximum Gasteiger partial charge on any atom is 0.0701 e. The summed E-state index contributed by atoms with van der Waals surface area (Å²) in [6.45, 7) is 17.5. The minimum Gasteiger partial charge on any atom is -0.380 e. The quantitative estimate of drug-likeness (QED) is 0.279. The second-order valence-electron chi connectivity index (χ2n) is 9.15. The van der Waals surface area contributed by atoms with Crippen LogP contribution in [-0.4, -0.2) is 76.9 Å². The number of rotatable bonds is 19. The Morgan fingerprint density at radius 2 is 1.69 bits per heavy atom. The lowest BCUT2D eigenvalue weighted by Crippen LogP contribution is -2.38. The minimum absolute atomic E-state index is 0. The first kappa shape index (κ1) is 26.8. The fourth-order valence-electron chi connectivity index (χ4n) is 3.10. The third-order valence-corrected chi connectivity index (χ3v) is 4.95. The molecule has 1 saturated heterocycles. The molecule has 1 rings (SSSR count).